The second-order valence-corrected chi connectivity index (χ2v) is 10.2. The highest BCUT2D eigenvalue weighted by atomic mass is 32.2. The molecule has 0 amide bonds. The van der Waals surface area contributed by atoms with E-state index >= 15 is 0 Å². The first-order valence-electron chi connectivity index (χ1n) is 9.95. The van der Waals surface area contributed by atoms with Crippen LogP contribution >= 0.6 is 23.1 Å². The molecule has 3 aromatic rings. The summed E-state index contributed by atoms with van der Waals surface area (Å²) >= 11 is 3.04. The molecule has 5 nitrogen and oxygen atoms in total. The van der Waals surface area contributed by atoms with Gasteiger partial charge in [-0.3, -0.25) is 9.59 Å². The summed E-state index contributed by atoms with van der Waals surface area (Å²) < 4.78 is 2.24. The van der Waals surface area contributed by atoms with Crippen LogP contribution in [0, 0.1) is 33.6 Å². The van der Waals surface area contributed by atoms with Crippen LogP contribution in [-0.2, 0) is 12.3 Å². The van der Waals surface area contributed by atoms with Crippen molar-refractivity contribution in [3.8, 4) is 0 Å². The van der Waals surface area contributed by atoms with E-state index in [1.54, 1.807) is 11.3 Å². The molecule has 3 heterocycles. The molecule has 29 heavy (non-hydrogen) atoms. The molecule has 0 bridgehead atoms. The Hall–Kier alpha value is -1.86. The van der Waals surface area contributed by atoms with E-state index in [1.807, 2.05) is 26.8 Å². The first kappa shape index (κ1) is 21.8. The molecule has 1 N–H and O–H groups in total. The van der Waals surface area contributed by atoms with Crippen LogP contribution in [0.25, 0.3) is 10.2 Å². The average Bonchev–Trinajstić information content (AvgIpc) is 3.09. The van der Waals surface area contributed by atoms with E-state index in [4.69, 9.17) is 0 Å². The summed E-state index contributed by atoms with van der Waals surface area (Å²) in [7, 11) is 0. The number of nitrogens with one attached hydrogen (secondary N) is 1. The number of ketones is 1. The number of rotatable bonds is 8. The Bertz CT molecular complexity index is 1110. The maximum absolute atomic E-state index is 12.8. The van der Waals surface area contributed by atoms with E-state index < -0.39 is 0 Å². The quantitative estimate of drug-likeness (QED) is 0.499. The van der Waals surface area contributed by atoms with E-state index in [-0.39, 0.29) is 11.3 Å². The predicted octanol–water partition coefficient (Wildman–Crippen LogP) is 5.18. The number of carbonyl (C=O) groups is 1. The van der Waals surface area contributed by atoms with E-state index in [0.717, 1.165) is 45.2 Å². The summed E-state index contributed by atoms with van der Waals surface area (Å²) in [5.41, 5.74) is 3.90. The molecule has 0 aliphatic carbocycles. The number of aromatic amines is 1. The Labute approximate surface area is 179 Å². The number of H-pyrrole nitrogens is 1. The number of hydrogen-bond donors (Lipinski definition) is 1. The second kappa shape index (κ2) is 8.88. The number of carbonyl (C=O) groups excluding carboxylic acids is 1. The van der Waals surface area contributed by atoms with E-state index in [0.29, 0.717) is 28.6 Å². The highest BCUT2D eigenvalue weighted by Gasteiger charge is 2.17. The van der Waals surface area contributed by atoms with Crippen LogP contribution in [0.15, 0.2) is 10.9 Å². The summed E-state index contributed by atoms with van der Waals surface area (Å²) in [4.78, 5) is 34.5. The molecule has 0 fully saturated rings. The van der Waals surface area contributed by atoms with Crippen LogP contribution in [0.1, 0.15) is 58.3 Å². The van der Waals surface area contributed by atoms with Gasteiger partial charge in [-0.15, -0.1) is 23.1 Å². The van der Waals surface area contributed by atoms with Crippen LogP contribution in [0.5, 0.6) is 0 Å². The molecule has 0 unspecified atom stereocenters. The molecule has 0 saturated heterocycles. The van der Waals surface area contributed by atoms with Crippen molar-refractivity contribution < 1.29 is 4.79 Å². The minimum absolute atomic E-state index is 0.0903. The van der Waals surface area contributed by atoms with E-state index in [2.05, 4.69) is 35.3 Å². The zero-order valence-electron chi connectivity index (χ0n) is 18.0. The number of thiophene rings is 1. The Morgan fingerprint density at radius 2 is 2.00 bits per heavy atom. The molecule has 0 aromatic carbocycles. The van der Waals surface area contributed by atoms with Crippen LogP contribution in [0.4, 0.5) is 0 Å². The lowest BCUT2D eigenvalue weighted by Crippen LogP contribution is -2.12. The molecule has 0 aliphatic rings. The van der Waals surface area contributed by atoms with Gasteiger partial charge in [-0.1, -0.05) is 13.8 Å². The second-order valence-electron chi connectivity index (χ2n) is 8.01. The Morgan fingerprint density at radius 3 is 2.69 bits per heavy atom. The summed E-state index contributed by atoms with van der Waals surface area (Å²) in [6.07, 6.45) is 1.10. The smallest absolute Gasteiger partial charge is 0.259 e. The molecule has 3 rings (SSSR count). The molecular formula is C22H29N3O2S2. The van der Waals surface area contributed by atoms with Crippen molar-refractivity contribution in [1.82, 2.24) is 14.5 Å². The largest absolute Gasteiger partial charge is 0.348 e. The van der Waals surface area contributed by atoms with Gasteiger partial charge >= 0.3 is 0 Å². The highest BCUT2D eigenvalue weighted by molar-refractivity contribution is 7.99. The number of fused-ring (bicyclic) bond motifs is 1. The highest BCUT2D eigenvalue weighted by Crippen LogP contribution is 2.26. The number of aryl methyl sites for hydroxylation is 3. The fourth-order valence-corrected chi connectivity index (χ4v) is 5.32. The third-order valence-corrected chi connectivity index (χ3v) is 7.41. The van der Waals surface area contributed by atoms with Gasteiger partial charge in [0.05, 0.1) is 16.9 Å². The van der Waals surface area contributed by atoms with Gasteiger partial charge < -0.3 is 9.55 Å². The van der Waals surface area contributed by atoms with Gasteiger partial charge in [-0.05, 0) is 51.7 Å². The van der Waals surface area contributed by atoms with Gasteiger partial charge in [-0.2, -0.15) is 0 Å². The fraction of sp³-hybridized carbons (Fsp3) is 0.500. The zero-order chi connectivity index (χ0) is 21.3. The zero-order valence-corrected chi connectivity index (χ0v) is 19.6. The maximum atomic E-state index is 12.8. The van der Waals surface area contributed by atoms with Gasteiger partial charge in [-0.25, -0.2) is 4.98 Å². The van der Waals surface area contributed by atoms with Crippen molar-refractivity contribution in [2.45, 2.75) is 60.3 Å². The number of thioether (sulfide) groups is 1. The van der Waals surface area contributed by atoms with Crippen molar-refractivity contribution in [3.05, 3.63) is 49.6 Å². The third kappa shape index (κ3) is 4.67. The lowest BCUT2D eigenvalue weighted by molar-refractivity contribution is 0.102. The molecular weight excluding hydrogens is 402 g/mol. The molecule has 0 aliphatic heterocycles. The number of hydrogen-bond acceptors (Lipinski definition) is 5. The van der Waals surface area contributed by atoms with Crippen molar-refractivity contribution >= 4 is 39.1 Å². The van der Waals surface area contributed by atoms with Gasteiger partial charge in [0, 0.05) is 28.4 Å². The van der Waals surface area contributed by atoms with Crippen LogP contribution in [0.3, 0.4) is 0 Å². The SMILES string of the molecule is Cc1sc2nc(CSCC(=O)c3cc(C)n(CCC(C)C)c3C)[nH]c(=O)c2c1C. The monoisotopic (exact) mass is 431 g/mol. The molecule has 0 radical (unpaired) electrons. The Kier molecular flexibility index (Phi) is 6.69. The Morgan fingerprint density at radius 1 is 1.28 bits per heavy atom. The van der Waals surface area contributed by atoms with Gasteiger partial charge in [0.25, 0.3) is 5.56 Å². The van der Waals surface area contributed by atoms with Crippen molar-refractivity contribution in [2.75, 3.05) is 5.75 Å². The first-order chi connectivity index (χ1) is 13.7. The Balaban J connectivity index is 1.67. The summed E-state index contributed by atoms with van der Waals surface area (Å²) in [6.45, 7) is 13.4. The molecule has 0 saturated carbocycles. The maximum Gasteiger partial charge on any atom is 0.259 e. The number of aromatic nitrogens is 3. The van der Waals surface area contributed by atoms with Gasteiger partial charge in [0.1, 0.15) is 10.7 Å². The molecule has 3 aromatic heterocycles. The van der Waals surface area contributed by atoms with E-state index in [9.17, 15) is 9.59 Å². The normalized spacial score (nSPS) is 11.7. The molecule has 7 heteroatoms. The molecule has 0 atom stereocenters. The summed E-state index contributed by atoms with van der Waals surface area (Å²) in [6, 6.07) is 2.00. The first-order valence-corrected chi connectivity index (χ1v) is 11.9. The van der Waals surface area contributed by atoms with Crippen molar-refractivity contribution in [3.63, 3.8) is 0 Å². The lowest BCUT2D eigenvalue weighted by Gasteiger charge is -2.11. The van der Waals surface area contributed by atoms with Crippen molar-refractivity contribution in [1.29, 1.82) is 0 Å². The molecule has 0 spiro atoms. The predicted molar refractivity (Wildman–Crippen MR) is 124 cm³/mol. The minimum Gasteiger partial charge on any atom is -0.348 e. The standard InChI is InChI=1S/C22H29N3O2S2/c1-12(2)7-8-25-13(3)9-17(15(25)5)18(26)10-28-11-19-23-21(27)20-14(4)16(6)29-22(20)24-19/h9,12H,7-8,10-11H2,1-6H3,(H,23,24,27). The third-order valence-electron chi connectivity index (χ3n) is 5.36. The van der Waals surface area contributed by atoms with Gasteiger partial charge in [0.15, 0.2) is 5.78 Å². The molecule has 156 valence electrons. The summed E-state index contributed by atoms with van der Waals surface area (Å²) in [5, 5.41) is 0.686. The topological polar surface area (TPSA) is 67.8 Å². The van der Waals surface area contributed by atoms with E-state index in [1.165, 1.54) is 11.8 Å². The van der Waals surface area contributed by atoms with Crippen LogP contribution < -0.4 is 5.56 Å². The number of nitrogens with zero attached hydrogens (tertiary/aromatic N) is 2. The van der Waals surface area contributed by atoms with Crippen molar-refractivity contribution in [2.24, 2.45) is 5.92 Å². The summed E-state index contributed by atoms with van der Waals surface area (Å²) in [5.74, 6) is 2.28. The fourth-order valence-electron chi connectivity index (χ4n) is 3.50. The lowest BCUT2D eigenvalue weighted by atomic mass is 10.1. The average molecular weight is 432 g/mol. The van der Waals surface area contributed by atoms with Gasteiger partial charge in [0.2, 0.25) is 0 Å². The van der Waals surface area contributed by atoms with Crippen LogP contribution in [0.2, 0.25) is 0 Å². The van der Waals surface area contributed by atoms with Crippen LogP contribution in [-0.4, -0.2) is 26.1 Å². The number of Topliss-reactive ketones (excluding diaryl/α,β-unsaturated/α-hetero) is 1. The minimum atomic E-state index is -0.0903.